The van der Waals surface area contributed by atoms with E-state index in [-0.39, 0.29) is 22.5 Å². The topological polar surface area (TPSA) is 26.3 Å². The van der Waals surface area contributed by atoms with Crippen molar-refractivity contribution in [3.63, 3.8) is 0 Å². The number of hydrogen-bond acceptors (Lipinski definition) is 2. The molecule has 1 fully saturated rings. The third-order valence-corrected chi connectivity index (χ3v) is 4.84. The van der Waals surface area contributed by atoms with Crippen LogP contribution in [0.5, 0.6) is 0 Å². The molecule has 0 amide bonds. The van der Waals surface area contributed by atoms with Gasteiger partial charge in [-0.1, -0.05) is 18.6 Å². The van der Waals surface area contributed by atoms with Crippen molar-refractivity contribution in [3.05, 3.63) is 11.6 Å². The van der Waals surface area contributed by atoms with Gasteiger partial charge >= 0.3 is 0 Å². The fraction of sp³-hybridized carbons (Fsp3) is 0.824. The van der Waals surface area contributed by atoms with Crippen LogP contribution in [0.25, 0.3) is 0 Å². The molecule has 0 aromatic heterocycles. The lowest BCUT2D eigenvalue weighted by atomic mass is 9.55. The van der Waals surface area contributed by atoms with Gasteiger partial charge in [-0.3, -0.25) is 4.79 Å². The van der Waals surface area contributed by atoms with Gasteiger partial charge in [0.25, 0.3) is 0 Å². The number of carbonyl (C=O) groups excluding carboxylic acids is 1. The van der Waals surface area contributed by atoms with Crippen molar-refractivity contribution < 1.29 is 9.53 Å². The highest BCUT2D eigenvalue weighted by molar-refractivity contribution is 5.89. The van der Waals surface area contributed by atoms with Crippen molar-refractivity contribution >= 4 is 5.78 Å². The second-order valence-corrected chi connectivity index (χ2v) is 7.88. The van der Waals surface area contributed by atoms with Crippen LogP contribution in [0.3, 0.4) is 0 Å². The number of ketones is 1. The van der Waals surface area contributed by atoms with E-state index >= 15 is 0 Å². The van der Waals surface area contributed by atoms with Crippen molar-refractivity contribution in [2.45, 2.75) is 78.9 Å². The van der Waals surface area contributed by atoms with Gasteiger partial charge in [0, 0.05) is 17.3 Å². The van der Waals surface area contributed by atoms with Crippen LogP contribution in [-0.4, -0.2) is 17.5 Å². The molecular formula is C17H28O2. The van der Waals surface area contributed by atoms with Gasteiger partial charge in [0.2, 0.25) is 0 Å². The van der Waals surface area contributed by atoms with E-state index in [1.54, 1.807) is 0 Å². The maximum absolute atomic E-state index is 12.2. The molecule has 2 rings (SSSR count). The Morgan fingerprint density at radius 2 is 1.89 bits per heavy atom. The van der Waals surface area contributed by atoms with Crippen LogP contribution in [0.15, 0.2) is 11.6 Å². The first-order valence-corrected chi connectivity index (χ1v) is 7.49. The molecule has 2 aliphatic rings. The zero-order valence-electron chi connectivity index (χ0n) is 13.3. The zero-order valence-corrected chi connectivity index (χ0v) is 13.3. The van der Waals surface area contributed by atoms with Crippen LogP contribution >= 0.6 is 0 Å². The molecule has 2 nitrogen and oxygen atoms in total. The second-order valence-electron chi connectivity index (χ2n) is 7.88. The summed E-state index contributed by atoms with van der Waals surface area (Å²) in [7, 11) is 0. The van der Waals surface area contributed by atoms with Crippen LogP contribution in [0, 0.1) is 10.8 Å². The van der Waals surface area contributed by atoms with E-state index in [0.717, 1.165) is 19.3 Å². The SMILES string of the molecule is CC(C)(C)O[C@H]1CCC=C2C(C)(C)C(=O)CC[C@@]21C. The summed E-state index contributed by atoms with van der Waals surface area (Å²) < 4.78 is 6.33. The van der Waals surface area contributed by atoms with Crippen LogP contribution in [0.1, 0.15) is 67.2 Å². The largest absolute Gasteiger partial charge is 0.372 e. The minimum Gasteiger partial charge on any atom is -0.372 e. The summed E-state index contributed by atoms with van der Waals surface area (Å²) >= 11 is 0. The summed E-state index contributed by atoms with van der Waals surface area (Å²) in [5.74, 6) is 0.382. The Labute approximate surface area is 117 Å². The summed E-state index contributed by atoms with van der Waals surface area (Å²) in [6.45, 7) is 12.8. The molecule has 108 valence electrons. The van der Waals surface area contributed by atoms with Crippen molar-refractivity contribution in [2.75, 3.05) is 0 Å². The second kappa shape index (κ2) is 4.44. The zero-order chi connectivity index (χ0) is 14.5. The molecule has 0 aliphatic heterocycles. The number of hydrogen-bond donors (Lipinski definition) is 0. The molecule has 0 bridgehead atoms. The van der Waals surface area contributed by atoms with Crippen LogP contribution in [-0.2, 0) is 9.53 Å². The highest BCUT2D eigenvalue weighted by Gasteiger charge is 2.52. The summed E-state index contributed by atoms with van der Waals surface area (Å²) in [4.78, 5) is 12.2. The number of ether oxygens (including phenoxy) is 1. The summed E-state index contributed by atoms with van der Waals surface area (Å²) in [6.07, 6.45) is 6.26. The molecular weight excluding hydrogens is 236 g/mol. The predicted molar refractivity (Wildman–Crippen MR) is 78.1 cm³/mol. The fourth-order valence-corrected chi connectivity index (χ4v) is 3.82. The van der Waals surface area contributed by atoms with Crippen molar-refractivity contribution in [1.29, 1.82) is 0 Å². The van der Waals surface area contributed by atoms with Crippen molar-refractivity contribution in [2.24, 2.45) is 10.8 Å². The molecule has 2 atom stereocenters. The first kappa shape index (κ1) is 14.8. The van der Waals surface area contributed by atoms with E-state index in [2.05, 4.69) is 47.6 Å². The lowest BCUT2D eigenvalue weighted by Gasteiger charge is -2.52. The van der Waals surface area contributed by atoms with Gasteiger partial charge in [0.1, 0.15) is 5.78 Å². The normalized spacial score (nSPS) is 34.7. The Hall–Kier alpha value is -0.630. The number of allylic oxidation sites excluding steroid dienone is 1. The van der Waals surface area contributed by atoms with Gasteiger partial charge in [-0.25, -0.2) is 0 Å². The van der Waals surface area contributed by atoms with Crippen LogP contribution < -0.4 is 0 Å². The Balaban J connectivity index is 2.36. The highest BCUT2D eigenvalue weighted by Crippen LogP contribution is 2.54. The predicted octanol–water partition coefficient (Wildman–Crippen LogP) is 4.29. The summed E-state index contributed by atoms with van der Waals surface area (Å²) in [5.41, 5.74) is 0.911. The monoisotopic (exact) mass is 264 g/mol. The Morgan fingerprint density at radius 3 is 2.47 bits per heavy atom. The number of Topliss-reactive ketones (excluding diaryl/α,β-unsaturated/α-hetero) is 1. The van der Waals surface area contributed by atoms with Crippen molar-refractivity contribution in [3.8, 4) is 0 Å². The number of fused-ring (bicyclic) bond motifs is 1. The molecule has 0 spiro atoms. The Bertz CT molecular complexity index is 411. The Morgan fingerprint density at radius 1 is 1.26 bits per heavy atom. The van der Waals surface area contributed by atoms with E-state index < -0.39 is 0 Å². The third-order valence-electron chi connectivity index (χ3n) is 4.84. The molecule has 0 aromatic carbocycles. The summed E-state index contributed by atoms with van der Waals surface area (Å²) in [6, 6.07) is 0. The lowest BCUT2D eigenvalue weighted by Crippen LogP contribution is -2.50. The number of rotatable bonds is 1. The third kappa shape index (κ3) is 2.52. The molecule has 0 aromatic rings. The molecule has 0 N–H and O–H groups in total. The van der Waals surface area contributed by atoms with Crippen LogP contribution in [0.4, 0.5) is 0 Å². The van der Waals surface area contributed by atoms with Gasteiger partial charge in [-0.2, -0.15) is 0 Å². The van der Waals surface area contributed by atoms with Gasteiger partial charge in [0.05, 0.1) is 11.7 Å². The maximum Gasteiger partial charge on any atom is 0.142 e. The lowest BCUT2D eigenvalue weighted by molar-refractivity contribution is -0.140. The van der Waals surface area contributed by atoms with Crippen LogP contribution in [0.2, 0.25) is 0 Å². The van der Waals surface area contributed by atoms with Crippen molar-refractivity contribution in [1.82, 2.24) is 0 Å². The van der Waals surface area contributed by atoms with E-state index in [0.29, 0.717) is 12.2 Å². The first-order chi connectivity index (χ1) is 8.57. The fourth-order valence-electron chi connectivity index (χ4n) is 3.82. The Kier molecular flexibility index (Phi) is 3.45. The molecule has 1 saturated carbocycles. The standard InChI is InChI=1S/C17H28O2/c1-15(2,3)19-14-9-7-8-12-16(4,5)13(18)10-11-17(12,14)6/h8,14H,7,9-11H2,1-6H3/t14-,17-/m0/s1. The van der Waals surface area contributed by atoms with E-state index in [4.69, 9.17) is 4.74 Å². The molecule has 2 heteroatoms. The summed E-state index contributed by atoms with van der Waals surface area (Å²) in [5, 5.41) is 0. The van der Waals surface area contributed by atoms with Gasteiger partial charge in [-0.15, -0.1) is 0 Å². The van der Waals surface area contributed by atoms with E-state index in [1.165, 1.54) is 5.57 Å². The first-order valence-electron chi connectivity index (χ1n) is 7.49. The molecule has 19 heavy (non-hydrogen) atoms. The van der Waals surface area contributed by atoms with Gasteiger partial charge in [-0.05, 0) is 53.9 Å². The molecule has 0 saturated heterocycles. The minimum absolute atomic E-state index is 0.0307. The molecule has 2 aliphatic carbocycles. The van der Waals surface area contributed by atoms with E-state index in [9.17, 15) is 4.79 Å². The average Bonchev–Trinajstić information content (AvgIpc) is 2.25. The molecule has 0 heterocycles. The van der Waals surface area contributed by atoms with E-state index in [1.807, 2.05) is 0 Å². The maximum atomic E-state index is 12.2. The highest BCUT2D eigenvalue weighted by atomic mass is 16.5. The molecule has 0 radical (unpaired) electrons. The molecule has 0 unspecified atom stereocenters. The average molecular weight is 264 g/mol. The minimum atomic E-state index is -0.313. The van der Waals surface area contributed by atoms with Gasteiger partial charge < -0.3 is 4.74 Å². The van der Waals surface area contributed by atoms with Gasteiger partial charge in [0.15, 0.2) is 0 Å². The smallest absolute Gasteiger partial charge is 0.142 e. The quantitative estimate of drug-likeness (QED) is 0.661. The number of carbonyl (C=O) groups is 1.